The number of halogens is 1. The topological polar surface area (TPSA) is 17.1 Å². The van der Waals surface area contributed by atoms with Crippen molar-refractivity contribution in [3.63, 3.8) is 0 Å². The molecule has 0 saturated carbocycles. The van der Waals surface area contributed by atoms with E-state index in [0.29, 0.717) is 0 Å². The zero-order chi connectivity index (χ0) is 13.3. The second kappa shape index (κ2) is 5.07. The summed E-state index contributed by atoms with van der Waals surface area (Å²) in [6.07, 6.45) is 0. The van der Waals surface area contributed by atoms with E-state index in [9.17, 15) is 4.79 Å². The molecule has 0 bridgehead atoms. The molecule has 0 saturated heterocycles. The van der Waals surface area contributed by atoms with E-state index < -0.39 is 0 Å². The Labute approximate surface area is 116 Å². The van der Waals surface area contributed by atoms with Crippen molar-refractivity contribution in [2.75, 3.05) is 0 Å². The van der Waals surface area contributed by atoms with E-state index >= 15 is 0 Å². The van der Waals surface area contributed by atoms with E-state index in [4.69, 9.17) is 0 Å². The molecule has 0 aliphatic heterocycles. The Kier molecular flexibility index (Phi) is 3.67. The summed E-state index contributed by atoms with van der Waals surface area (Å²) in [6.45, 7) is 5.94. The van der Waals surface area contributed by atoms with Gasteiger partial charge in [-0.15, -0.1) is 0 Å². The number of carbonyl (C=O) groups excluding carboxylic acids is 1. The van der Waals surface area contributed by atoms with Gasteiger partial charge < -0.3 is 0 Å². The Hall–Kier alpha value is -1.41. The van der Waals surface area contributed by atoms with Crippen molar-refractivity contribution in [3.8, 4) is 0 Å². The molecule has 0 aliphatic carbocycles. The summed E-state index contributed by atoms with van der Waals surface area (Å²) in [6, 6.07) is 11.7. The Morgan fingerprint density at radius 3 is 2.28 bits per heavy atom. The highest BCUT2D eigenvalue weighted by Crippen LogP contribution is 2.21. The third-order valence-electron chi connectivity index (χ3n) is 3.07. The molecular formula is C16H15BrO. The van der Waals surface area contributed by atoms with Crippen molar-refractivity contribution in [2.45, 2.75) is 20.8 Å². The number of ketones is 1. The number of carbonyl (C=O) groups is 1. The molecule has 0 heterocycles. The van der Waals surface area contributed by atoms with Crippen molar-refractivity contribution in [1.82, 2.24) is 0 Å². The first-order chi connectivity index (χ1) is 8.49. The molecule has 92 valence electrons. The Morgan fingerprint density at radius 1 is 0.889 bits per heavy atom. The fourth-order valence-corrected chi connectivity index (χ4v) is 2.48. The van der Waals surface area contributed by atoms with E-state index in [0.717, 1.165) is 32.3 Å². The molecule has 2 rings (SSSR count). The van der Waals surface area contributed by atoms with Crippen LogP contribution < -0.4 is 0 Å². The first-order valence-electron chi connectivity index (χ1n) is 5.87. The van der Waals surface area contributed by atoms with Crippen LogP contribution in [0.15, 0.2) is 40.9 Å². The smallest absolute Gasteiger partial charge is 0.193 e. The zero-order valence-corrected chi connectivity index (χ0v) is 12.3. The van der Waals surface area contributed by atoms with Crippen molar-refractivity contribution in [3.05, 3.63) is 68.7 Å². The maximum absolute atomic E-state index is 12.5. The Bertz CT molecular complexity index is 614. The molecule has 0 unspecified atom stereocenters. The van der Waals surface area contributed by atoms with Gasteiger partial charge in [-0.05, 0) is 56.2 Å². The third kappa shape index (κ3) is 2.54. The number of hydrogen-bond donors (Lipinski definition) is 0. The average molecular weight is 303 g/mol. The second-order valence-electron chi connectivity index (χ2n) is 4.61. The van der Waals surface area contributed by atoms with Crippen LogP contribution in [-0.4, -0.2) is 5.78 Å². The Morgan fingerprint density at radius 2 is 1.61 bits per heavy atom. The zero-order valence-electron chi connectivity index (χ0n) is 10.8. The van der Waals surface area contributed by atoms with E-state index in [1.165, 1.54) is 0 Å². The molecule has 0 spiro atoms. The van der Waals surface area contributed by atoms with Gasteiger partial charge in [0, 0.05) is 15.6 Å². The van der Waals surface area contributed by atoms with Crippen LogP contribution in [0.25, 0.3) is 0 Å². The molecule has 0 atom stereocenters. The summed E-state index contributed by atoms with van der Waals surface area (Å²) in [5, 5.41) is 0. The quantitative estimate of drug-likeness (QED) is 0.741. The lowest BCUT2D eigenvalue weighted by Crippen LogP contribution is -2.06. The largest absolute Gasteiger partial charge is 0.289 e. The van der Waals surface area contributed by atoms with Crippen LogP contribution in [0.5, 0.6) is 0 Å². The monoisotopic (exact) mass is 302 g/mol. The standard InChI is InChI=1S/C16H15BrO/c1-10-4-5-11(2)15(8-10)16(18)14-7-6-13(17)9-12(14)3/h4-9H,1-3H3. The van der Waals surface area contributed by atoms with Crippen LogP contribution in [0.3, 0.4) is 0 Å². The van der Waals surface area contributed by atoms with Gasteiger partial charge in [0.2, 0.25) is 0 Å². The Balaban J connectivity index is 2.51. The fourth-order valence-electron chi connectivity index (χ4n) is 2.01. The van der Waals surface area contributed by atoms with Gasteiger partial charge in [-0.25, -0.2) is 0 Å². The number of aryl methyl sites for hydroxylation is 3. The SMILES string of the molecule is Cc1ccc(C)c(C(=O)c2ccc(Br)cc2C)c1. The molecule has 2 heteroatoms. The highest BCUT2D eigenvalue weighted by Gasteiger charge is 2.14. The minimum atomic E-state index is 0.0983. The van der Waals surface area contributed by atoms with Gasteiger partial charge in [-0.2, -0.15) is 0 Å². The van der Waals surface area contributed by atoms with Crippen molar-refractivity contribution < 1.29 is 4.79 Å². The van der Waals surface area contributed by atoms with Gasteiger partial charge in [0.15, 0.2) is 5.78 Å². The maximum Gasteiger partial charge on any atom is 0.193 e. The summed E-state index contributed by atoms with van der Waals surface area (Å²) >= 11 is 3.42. The van der Waals surface area contributed by atoms with Crippen molar-refractivity contribution in [1.29, 1.82) is 0 Å². The molecule has 0 radical (unpaired) electrons. The number of rotatable bonds is 2. The minimum Gasteiger partial charge on any atom is -0.289 e. The highest BCUT2D eigenvalue weighted by atomic mass is 79.9. The van der Waals surface area contributed by atoms with Gasteiger partial charge in [-0.1, -0.05) is 33.6 Å². The van der Waals surface area contributed by atoms with Crippen molar-refractivity contribution >= 4 is 21.7 Å². The minimum absolute atomic E-state index is 0.0983. The molecule has 2 aromatic carbocycles. The summed E-state index contributed by atoms with van der Waals surface area (Å²) < 4.78 is 0.998. The van der Waals surface area contributed by atoms with E-state index in [-0.39, 0.29) is 5.78 Å². The van der Waals surface area contributed by atoms with Crippen LogP contribution in [0.2, 0.25) is 0 Å². The van der Waals surface area contributed by atoms with Crippen LogP contribution in [0.1, 0.15) is 32.6 Å². The van der Waals surface area contributed by atoms with Crippen LogP contribution in [0.4, 0.5) is 0 Å². The first-order valence-corrected chi connectivity index (χ1v) is 6.66. The summed E-state index contributed by atoms with van der Waals surface area (Å²) in [7, 11) is 0. The van der Waals surface area contributed by atoms with Crippen LogP contribution in [-0.2, 0) is 0 Å². The van der Waals surface area contributed by atoms with Crippen molar-refractivity contribution in [2.24, 2.45) is 0 Å². The molecular weight excluding hydrogens is 288 g/mol. The summed E-state index contributed by atoms with van der Waals surface area (Å²) in [5.41, 5.74) is 4.69. The number of benzene rings is 2. The van der Waals surface area contributed by atoms with Gasteiger partial charge in [0.25, 0.3) is 0 Å². The third-order valence-corrected chi connectivity index (χ3v) is 3.56. The molecule has 0 amide bonds. The van der Waals surface area contributed by atoms with Gasteiger partial charge in [-0.3, -0.25) is 4.79 Å². The lowest BCUT2D eigenvalue weighted by atomic mass is 9.95. The molecule has 0 N–H and O–H groups in total. The summed E-state index contributed by atoms with van der Waals surface area (Å²) in [5.74, 6) is 0.0983. The molecule has 0 aromatic heterocycles. The summed E-state index contributed by atoms with van der Waals surface area (Å²) in [4.78, 5) is 12.5. The molecule has 1 nitrogen and oxygen atoms in total. The van der Waals surface area contributed by atoms with E-state index in [1.807, 2.05) is 57.2 Å². The van der Waals surface area contributed by atoms with Crippen LogP contribution in [0, 0.1) is 20.8 Å². The van der Waals surface area contributed by atoms with Gasteiger partial charge >= 0.3 is 0 Å². The van der Waals surface area contributed by atoms with E-state index in [2.05, 4.69) is 15.9 Å². The molecule has 0 aliphatic rings. The second-order valence-corrected chi connectivity index (χ2v) is 5.52. The van der Waals surface area contributed by atoms with E-state index in [1.54, 1.807) is 0 Å². The lowest BCUT2D eigenvalue weighted by molar-refractivity contribution is 0.103. The highest BCUT2D eigenvalue weighted by molar-refractivity contribution is 9.10. The predicted molar refractivity (Wildman–Crippen MR) is 78.2 cm³/mol. The van der Waals surface area contributed by atoms with Crippen LogP contribution >= 0.6 is 15.9 Å². The lowest BCUT2D eigenvalue weighted by Gasteiger charge is -2.09. The molecule has 2 aromatic rings. The average Bonchev–Trinajstić information content (AvgIpc) is 2.31. The molecule has 0 fully saturated rings. The van der Waals surface area contributed by atoms with Gasteiger partial charge in [0.05, 0.1) is 0 Å². The maximum atomic E-state index is 12.5. The first kappa shape index (κ1) is 13.0. The molecule has 18 heavy (non-hydrogen) atoms. The van der Waals surface area contributed by atoms with Gasteiger partial charge in [0.1, 0.15) is 0 Å². The number of hydrogen-bond acceptors (Lipinski definition) is 1. The predicted octanol–water partition coefficient (Wildman–Crippen LogP) is 4.61. The fraction of sp³-hybridized carbons (Fsp3) is 0.188. The normalized spacial score (nSPS) is 10.4.